The van der Waals surface area contributed by atoms with Gasteiger partial charge >= 0.3 is 0 Å². The average molecular weight is 376 g/mol. The number of hydrogen-bond acceptors (Lipinski definition) is 2. The number of aryl methyl sites for hydroxylation is 1. The van der Waals surface area contributed by atoms with E-state index in [0.717, 1.165) is 23.1 Å². The van der Waals surface area contributed by atoms with E-state index in [1.54, 1.807) is 0 Å². The predicted octanol–water partition coefficient (Wildman–Crippen LogP) is 6.55. The zero-order valence-corrected chi connectivity index (χ0v) is 16.2. The Morgan fingerprint density at radius 2 is 1.81 bits per heavy atom. The molecule has 0 bridgehead atoms. The normalized spacial score (nSPS) is 12.3. The van der Waals surface area contributed by atoms with Crippen molar-refractivity contribution >= 4 is 28.3 Å². The summed E-state index contributed by atoms with van der Waals surface area (Å²) in [6, 6.07) is 21.0. The van der Waals surface area contributed by atoms with Crippen molar-refractivity contribution in [1.29, 1.82) is 0 Å². The van der Waals surface area contributed by atoms with E-state index < -0.39 is 0 Å². The van der Waals surface area contributed by atoms with Crippen molar-refractivity contribution in [2.24, 2.45) is 0 Å². The van der Waals surface area contributed by atoms with Crippen LogP contribution >= 0.6 is 11.6 Å². The van der Waals surface area contributed by atoms with E-state index in [0.29, 0.717) is 0 Å². The molecule has 0 aliphatic heterocycles. The Morgan fingerprint density at radius 3 is 2.59 bits per heavy atom. The van der Waals surface area contributed by atoms with Gasteiger partial charge in [-0.1, -0.05) is 61.0 Å². The summed E-state index contributed by atoms with van der Waals surface area (Å²) in [5.41, 5.74) is 3.58. The molecule has 0 saturated heterocycles. The highest BCUT2D eigenvalue weighted by molar-refractivity contribution is 6.30. The third kappa shape index (κ3) is 3.43. The first-order chi connectivity index (χ1) is 13.2. The molecule has 0 aliphatic carbocycles. The molecule has 4 rings (SSSR count). The zero-order valence-electron chi connectivity index (χ0n) is 15.5. The summed E-state index contributed by atoms with van der Waals surface area (Å²) in [5.74, 6) is 0.843. The van der Waals surface area contributed by atoms with Crippen LogP contribution in [0.4, 0.5) is 5.95 Å². The molecule has 3 nitrogen and oxygen atoms in total. The molecule has 1 unspecified atom stereocenters. The van der Waals surface area contributed by atoms with Crippen molar-refractivity contribution in [1.82, 2.24) is 9.55 Å². The van der Waals surface area contributed by atoms with Gasteiger partial charge in [-0.2, -0.15) is 0 Å². The van der Waals surface area contributed by atoms with Gasteiger partial charge in [0.1, 0.15) is 0 Å². The molecule has 4 heteroatoms. The van der Waals surface area contributed by atoms with Crippen LogP contribution in [0.2, 0.25) is 5.02 Å². The number of nitrogens with one attached hydrogen (secondary N) is 1. The van der Waals surface area contributed by atoms with Gasteiger partial charge in [-0.05, 0) is 53.4 Å². The minimum absolute atomic E-state index is 0.171. The standard InChI is InChI=1S/C23H22ClN3/c1-3-21(18-8-11-19(24)12-9-18)26-23-25-14-15-27(23)22-13-10-17-6-4-5-7-20(17)16(22)2/h4-15,21H,3H2,1-2H3,(H,25,26). The maximum Gasteiger partial charge on any atom is 0.207 e. The number of anilines is 1. The fraction of sp³-hybridized carbons (Fsp3) is 0.174. The van der Waals surface area contributed by atoms with Crippen LogP contribution in [0.1, 0.15) is 30.5 Å². The first kappa shape index (κ1) is 17.6. The quantitative estimate of drug-likeness (QED) is 0.428. The summed E-state index contributed by atoms with van der Waals surface area (Å²) in [6.45, 7) is 4.33. The molecule has 1 N–H and O–H groups in total. The lowest BCUT2D eigenvalue weighted by Gasteiger charge is -2.20. The summed E-state index contributed by atoms with van der Waals surface area (Å²) in [6.07, 6.45) is 4.80. The van der Waals surface area contributed by atoms with E-state index in [9.17, 15) is 0 Å². The third-order valence-electron chi connectivity index (χ3n) is 5.05. The number of benzene rings is 3. The number of hydrogen-bond donors (Lipinski definition) is 1. The highest BCUT2D eigenvalue weighted by Crippen LogP contribution is 2.28. The molecule has 0 saturated carbocycles. The summed E-state index contributed by atoms with van der Waals surface area (Å²) in [5, 5.41) is 6.86. The summed E-state index contributed by atoms with van der Waals surface area (Å²) in [4.78, 5) is 4.57. The van der Waals surface area contributed by atoms with Crippen molar-refractivity contribution in [2.75, 3.05) is 5.32 Å². The van der Waals surface area contributed by atoms with Gasteiger partial charge in [0.05, 0.1) is 11.7 Å². The van der Waals surface area contributed by atoms with E-state index in [1.807, 2.05) is 24.5 Å². The van der Waals surface area contributed by atoms with Gasteiger partial charge in [0, 0.05) is 17.4 Å². The summed E-state index contributed by atoms with van der Waals surface area (Å²) in [7, 11) is 0. The molecule has 3 aromatic carbocycles. The maximum atomic E-state index is 6.04. The number of aromatic nitrogens is 2. The molecule has 0 aliphatic rings. The number of imidazole rings is 1. The second-order valence-electron chi connectivity index (χ2n) is 6.71. The lowest BCUT2D eigenvalue weighted by atomic mass is 10.0. The second-order valence-corrected chi connectivity index (χ2v) is 7.14. The average Bonchev–Trinajstić information content (AvgIpc) is 3.15. The summed E-state index contributed by atoms with van der Waals surface area (Å²) >= 11 is 6.04. The Labute approximate surface area is 164 Å². The molecule has 0 fully saturated rings. The van der Waals surface area contributed by atoms with Gasteiger partial charge in [0.15, 0.2) is 0 Å². The highest BCUT2D eigenvalue weighted by atomic mass is 35.5. The smallest absolute Gasteiger partial charge is 0.207 e. The Kier molecular flexibility index (Phi) is 4.87. The Morgan fingerprint density at radius 1 is 1.04 bits per heavy atom. The number of rotatable bonds is 5. The van der Waals surface area contributed by atoms with E-state index in [2.05, 4.69) is 77.2 Å². The highest BCUT2D eigenvalue weighted by Gasteiger charge is 2.14. The SMILES string of the molecule is CCC(Nc1nccn1-c1ccc2ccccc2c1C)c1ccc(Cl)cc1. The van der Waals surface area contributed by atoms with Crippen LogP contribution in [0.25, 0.3) is 16.5 Å². The molecule has 0 spiro atoms. The van der Waals surface area contributed by atoms with Gasteiger partial charge in [-0.3, -0.25) is 4.57 Å². The van der Waals surface area contributed by atoms with Crippen molar-refractivity contribution in [3.63, 3.8) is 0 Å². The van der Waals surface area contributed by atoms with Crippen molar-refractivity contribution < 1.29 is 0 Å². The van der Waals surface area contributed by atoms with Crippen LogP contribution in [0, 0.1) is 6.92 Å². The zero-order chi connectivity index (χ0) is 18.8. The van der Waals surface area contributed by atoms with E-state index >= 15 is 0 Å². The van der Waals surface area contributed by atoms with Gasteiger partial charge in [0.2, 0.25) is 5.95 Å². The van der Waals surface area contributed by atoms with Gasteiger partial charge < -0.3 is 5.32 Å². The number of nitrogens with zero attached hydrogens (tertiary/aromatic N) is 2. The van der Waals surface area contributed by atoms with E-state index in [4.69, 9.17) is 11.6 Å². The predicted molar refractivity (Wildman–Crippen MR) is 114 cm³/mol. The van der Waals surface area contributed by atoms with Gasteiger partial charge in [-0.15, -0.1) is 0 Å². The van der Waals surface area contributed by atoms with E-state index in [1.165, 1.54) is 21.9 Å². The van der Waals surface area contributed by atoms with Crippen LogP contribution < -0.4 is 5.32 Å². The van der Waals surface area contributed by atoms with Crippen LogP contribution in [0.3, 0.4) is 0 Å². The van der Waals surface area contributed by atoms with Crippen molar-refractivity contribution in [3.05, 3.63) is 89.2 Å². The van der Waals surface area contributed by atoms with Crippen LogP contribution in [-0.4, -0.2) is 9.55 Å². The van der Waals surface area contributed by atoms with Gasteiger partial charge in [0.25, 0.3) is 0 Å². The molecule has 1 aromatic heterocycles. The Bertz CT molecular complexity index is 1070. The maximum absolute atomic E-state index is 6.04. The fourth-order valence-electron chi connectivity index (χ4n) is 3.55. The molecule has 27 heavy (non-hydrogen) atoms. The molecular formula is C23H22ClN3. The molecule has 0 amide bonds. The number of halogens is 1. The van der Waals surface area contributed by atoms with Gasteiger partial charge in [-0.25, -0.2) is 4.98 Å². The lowest BCUT2D eigenvalue weighted by molar-refractivity contribution is 0.735. The molecule has 1 heterocycles. The summed E-state index contributed by atoms with van der Waals surface area (Å²) < 4.78 is 2.13. The van der Waals surface area contributed by atoms with Crippen LogP contribution in [-0.2, 0) is 0 Å². The van der Waals surface area contributed by atoms with Crippen molar-refractivity contribution in [2.45, 2.75) is 26.3 Å². The third-order valence-corrected chi connectivity index (χ3v) is 5.31. The minimum atomic E-state index is 0.171. The van der Waals surface area contributed by atoms with Crippen LogP contribution in [0.15, 0.2) is 73.1 Å². The molecule has 136 valence electrons. The fourth-order valence-corrected chi connectivity index (χ4v) is 3.68. The van der Waals surface area contributed by atoms with Crippen LogP contribution in [0.5, 0.6) is 0 Å². The number of fused-ring (bicyclic) bond motifs is 1. The molecule has 0 radical (unpaired) electrons. The molecule has 4 aromatic rings. The van der Waals surface area contributed by atoms with Crippen molar-refractivity contribution in [3.8, 4) is 5.69 Å². The second kappa shape index (κ2) is 7.45. The van der Waals surface area contributed by atoms with E-state index in [-0.39, 0.29) is 6.04 Å². The largest absolute Gasteiger partial charge is 0.349 e. The lowest BCUT2D eigenvalue weighted by Crippen LogP contribution is -2.13. The first-order valence-electron chi connectivity index (χ1n) is 9.21. The monoisotopic (exact) mass is 375 g/mol. The first-order valence-corrected chi connectivity index (χ1v) is 9.59. The minimum Gasteiger partial charge on any atom is -0.349 e. The topological polar surface area (TPSA) is 29.9 Å². The Hall–Kier alpha value is -2.78. The Balaban J connectivity index is 1.71. The molecular weight excluding hydrogens is 354 g/mol. The molecule has 1 atom stereocenters.